The van der Waals surface area contributed by atoms with Gasteiger partial charge >= 0.3 is 0 Å². The van der Waals surface area contributed by atoms with Crippen LogP contribution in [0.5, 0.6) is 0 Å². The number of hydrogen-bond donors (Lipinski definition) is 2. The smallest absolute Gasteiger partial charge is 0.125 e. The van der Waals surface area contributed by atoms with Gasteiger partial charge < -0.3 is 11.1 Å². The zero-order valence-corrected chi connectivity index (χ0v) is 9.67. The second-order valence-electron chi connectivity index (χ2n) is 4.64. The van der Waals surface area contributed by atoms with Gasteiger partial charge in [-0.05, 0) is 49.9 Å². The summed E-state index contributed by atoms with van der Waals surface area (Å²) in [6.07, 6.45) is 3.54. The number of anilines is 1. The second kappa shape index (κ2) is 4.83. The SMILES string of the molecule is Cc1ccc(F)cc1NC1CCCC1CN. The lowest BCUT2D eigenvalue weighted by Crippen LogP contribution is -2.29. The molecule has 0 aliphatic heterocycles. The Morgan fingerprint density at radius 2 is 2.25 bits per heavy atom. The normalized spacial score (nSPS) is 24.7. The van der Waals surface area contributed by atoms with Crippen LogP contribution in [0.1, 0.15) is 24.8 Å². The first kappa shape index (κ1) is 11.4. The van der Waals surface area contributed by atoms with Crippen molar-refractivity contribution in [3.05, 3.63) is 29.6 Å². The van der Waals surface area contributed by atoms with Gasteiger partial charge in [-0.1, -0.05) is 12.5 Å². The summed E-state index contributed by atoms with van der Waals surface area (Å²) in [4.78, 5) is 0. The molecule has 0 heterocycles. The van der Waals surface area contributed by atoms with Gasteiger partial charge in [-0.15, -0.1) is 0 Å². The Balaban J connectivity index is 2.11. The van der Waals surface area contributed by atoms with Gasteiger partial charge in [-0.3, -0.25) is 0 Å². The minimum Gasteiger partial charge on any atom is -0.382 e. The van der Waals surface area contributed by atoms with Gasteiger partial charge in [0.2, 0.25) is 0 Å². The molecular weight excluding hydrogens is 203 g/mol. The lowest BCUT2D eigenvalue weighted by molar-refractivity contribution is 0.516. The van der Waals surface area contributed by atoms with Gasteiger partial charge in [0.25, 0.3) is 0 Å². The van der Waals surface area contributed by atoms with E-state index in [1.807, 2.05) is 13.0 Å². The fourth-order valence-electron chi connectivity index (χ4n) is 2.46. The van der Waals surface area contributed by atoms with E-state index in [2.05, 4.69) is 5.32 Å². The molecule has 1 aromatic rings. The van der Waals surface area contributed by atoms with Gasteiger partial charge in [0.1, 0.15) is 5.82 Å². The molecular formula is C13H19FN2. The quantitative estimate of drug-likeness (QED) is 0.825. The van der Waals surface area contributed by atoms with Crippen molar-refractivity contribution in [2.24, 2.45) is 11.7 Å². The first-order valence-electron chi connectivity index (χ1n) is 5.93. The van der Waals surface area contributed by atoms with Gasteiger partial charge in [0.05, 0.1) is 0 Å². The van der Waals surface area contributed by atoms with Crippen molar-refractivity contribution in [1.29, 1.82) is 0 Å². The maximum absolute atomic E-state index is 13.1. The fourth-order valence-corrected chi connectivity index (χ4v) is 2.46. The molecule has 1 saturated carbocycles. The van der Waals surface area contributed by atoms with E-state index < -0.39 is 0 Å². The number of nitrogens with one attached hydrogen (secondary N) is 1. The van der Waals surface area contributed by atoms with Gasteiger partial charge in [0.15, 0.2) is 0 Å². The molecule has 16 heavy (non-hydrogen) atoms. The summed E-state index contributed by atoms with van der Waals surface area (Å²) < 4.78 is 13.1. The van der Waals surface area contributed by atoms with E-state index in [4.69, 9.17) is 5.73 Å². The molecule has 0 aromatic heterocycles. The molecule has 1 fully saturated rings. The molecule has 2 atom stereocenters. The molecule has 0 spiro atoms. The number of rotatable bonds is 3. The van der Waals surface area contributed by atoms with E-state index >= 15 is 0 Å². The van der Waals surface area contributed by atoms with E-state index in [0.29, 0.717) is 18.5 Å². The predicted molar refractivity (Wildman–Crippen MR) is 64.9 cm³/mol. The molecule has 3 heteroatoms. The van der Waals surface area contributed by atoms with Gasteiger partial charge in [-0.25, -0.2) is 4.39 Å². The number of hydrogen-bond acceptors (Lipinski definition) is 2. The van der Waals surface area contributed by atoms with Crippen LogP contribution in [0.2, 0.25) is 0 Å². The predicted octanol–water partition coefficient (Wildman–Crippen LogP) is 2.67. The van der Waals surface area contributed by atoms with Crippen LogP contribution in [0.3, 0.4) is 0 Å². The zero-order valence-electron chi connectivity index (χ0n) is 9.67. The molecule has 0 radical (unpaired) electrons. The maximum Gasteiger partial charge on any atom is 0.125 e. The third-order valence-electron chi connectivity index (χ3n) is 3.50. The summed E-state index contributed by atoms with van der Waals surface area (Å²) in [6.45, 7) is 2.71. The molecule has 0 amide bonds. The Kier molecular flexibility index (Phi) is 3.44. The van der Waals surface area contributed by atoms with Crippen molar-refractivity contribution in [3.8, 4) is 0 Å². The van der Waals surface area contributed by atoms with Crippen LogP contribution in [0.4, 0.5) is 10.1 Å². The minimum absolute atomic E-state index is 0.185. The molecule has 1 aromatic carbocycles. The van der Waals surface area contributed by atoms with Crippen LogP contribution < -0.4 is 11.1 Å². The lowest BCUT2D eigenvalue weighted by Gasteiger charge is -2.21. The van der Waals surface area contributed by atoms with Crippen LogP contribution >= 0.6 is 0 Å². The molecule has 3 N–H and O–H groups in total. The maximum atomic E-state index is 13.1. The highest BCUT2D eigenvalue weighted by Gasteiger charge is 2.26. The van der Waals surface area contributed by atoms with E-state index in [1.165, 1.54) is 18.9 Å². The zero-order chi connectivity index (χ0) is 11.5. The molecule has 2 unspecified atom stereocenters. The minimum atomic E-state index is -0.185. The summed E-state index contributed by atoms with van der Waals surface area (Å²) in [6, 6.07) is 5.28. The summed E-state index contributed by atoms with van der Waals surface area (Å²) in [5, 5.41) is 3.43. The van der Waals surface area contributed by atoms with Crippen molar-refractivity contribution in [2.45, 2.75) is 32.2 Å². The number of aryl methyl sites for hydroxylation is 1. The molecule has 0 saturated heterocycles. The highest BCUT2D eigenvalue weighted by atomic mass is 19.1. The topological polar surface area (TPSA) is 38.0 Å². The molecule has 1 aliphatic carbocycles. The van der Waals surface area contributed by atoms with Crippen LogP contribution in [-0.4, -0.2) is 12.6 Å². The van der Waals surface area contributed by atoms with Crippen molar-refractivity contribution in [1.82, 2.24) is 0 Å². The Hall–Kier alpha value is -1.09. The highest BCUT2D eigenvalue weighted by molar-refractivity contribution is 5.51. The monoisotopic (exact) mass is 222 g/mol. The number of nitrogens with two attached hydrogens (primary N) is 1. The van der Waals surface area contributed by atoms with Crippen molar-refractivity contribution in [3.63, 3.8) is 0 Å². The summed E-state index contributed by atoms with van der Waals surface area (Å²) >= 11 is 0. The Labute approximate surface area is 96.0 Å². The summed E-state index contributed by atoms with van der Waals surface area (Å²) in [7, 11) is 0. The second-order valence-corrected chi connectivity index (χ2v) is 4.64. The van der Waals surface area contributed by atoms with E-state index in [0.717, 1.165) is 17.7 Å². The van der Waals surface area contributed by atoms with Crippen LogP contribution in [0.15, 0.2) is 18.2 Å². The molecule has 88 valence electrons. The Morgan fingerprint density at radius 3 is 3.00 bits per heavy atom. The highest BCUT2D eigenvalue weighted by Crippen LogP contribution is 2.29. The Bertz CT molecular complexity index is 365. The Morgan fingerprint density at radius 1 is 1.44 bits per heavy atom. The first-order chi connectivity index (χ1) is 7.70. The molecule has 2 rings (SSSR count). The molecule has 0 bridgehead atoms. The van der Waals surface area contributed by atoms with Crippen molar-refractivity contribution >= 4 is 5.69 Å². The summed E-state index contributed by atoms with van der Waals surface area (Å²) in [5.74, 6) is 0.345. The van der Waals surface area contributed by atoms with E-state index in [1.54, 1.807) is 6.07 Å². The van der Waals surface area contributed by atoms with Gasteiger partial charge in [0, 0.05) is 11.7 Å². The van der Waals surface area contributed by atoms with Crippen molar-refractivity contribution < 1.29 is 4.39 Å². The number of halogens is 1. The third kappa shape index (κ3) is 2.35. The standard InChI is InChI=1S/C13H19FN2/c1-9-5-6-11(14)7-13(9)16-12-4-2-3-10(12)8-15/h5-7,10,12,16H,2-4,8,15H2,1H3. The molecule has 2 nitrogen and oxygen atoms in total. The van der Waals surface area contributed by atoms with Crippen LogP contribution in [0, 0.1) is 18.7 Å². The fraction of sp³-hybridized carbons (Fsp3) is 0.538. The number of benzene rings is 1. The van der Waals surface area contributed by atoms with Crippen LogP contribution in [0.25, 0.3) is 0 Å². The molecule has 1 aliphatic rings. The van der Waals surface area contributed by atoms with E-state index in [-0.39, 0.29) is 5.82 Å². The van der Waals surface area contributed by atoms with E-state index in [9.17, 15) is 4.39 Å². The lowest BCUT2D eigenvalue weighted by atomic mass is 10.0. The average Bonchev–Trinajstić information content (AvgIpc) is 2.71. The van der Waals surface area contributed by atoms with Crippen LogP contribution in [-0.2, 0) is 0 Å². The van der Waals surface area contributed by atoms with Gasteiger partial charge in [-0.2, -0.15) is 0 Å². The largest absolute Gasteiger partial charge is 0.382 e. The first-order valence-corrected chi connectivity index (χ1v) is 5.93. The average molecular weight is 222 g/mol. The van der Waals surface area contributed by atoms with Crippen molar-refractivity contribution in [2.75, 3.05) is 11.9 Å². The third-order valence-corrected chi connectivity index (χ3v) is 3.50. The summed E-state index contributed by atoms with van der Waals surface area (Å²) in [5.41, 5.74) is 7.73.